The van der Waals surface area contributed by atoms with Crippen LogP contribution in [0.1, 0.15) is 59.8 Å². The molecule has 0 bridgehead atoms. The number of nitrogens with one attached hydrogen (secondary N) is 1. The number of carboxylic acids is 3. The van der Waals surface area contributed by atoms with Crippen molar-refractivity contribution in [2.75, 3.05) is 13.1 Å². The molecule has 1 aliphatic heterocycles. The van der Waals surface area contributed by atoms with Crippen LogP contribution in [0, 0.1) is 5.92 Å². The van der Waals surface area contributed by atoms with Crippen molar-refractivity contribution in [1.29, 1.82) is 0 Å². The summed E-state index contributed by atoms with van der Waals surface area (Å²) in [7, 11) is 0. The summed E-state index contributed by atoms with van der Waals surface area (Å²) in [6.45, 7) is 6.65. The van der Waals surface area contributed by atoms with Crippen molar-refractivity contribution in [3.63, 3.8) is 0 Å². The summed E-state index contributed by atoms with van der Waals surface area (Å²) in [6.07, 6.45) is 3.34. The Hall–Kier alpha value is -2.73. The normalized spacial score (nSPS) is 16.6. The Morgan fingerprint density at radius 1 is 1.03 bits per heavy atom. The first-order chi connectivity index (χ1) is 14.8. The van der Waals surface area contributed by atoms with Crippen LogP contribution in [0.3, 0.4) is 0 Å². The number of carbonyl (C=O) groups is 5. The summed E-state index contributed by atoms with van der Waals surface area (Å²) >= 11 is 0. The van der Waals surface area contributed by atoms with E-state index in [9.17, 15) is 19.5 Å². The van der Waals surface area contributed by atoms with Gasteiger partial charge < -0.3 is 37.0 Å². The predicted molar refractivity (Wildman–Crippen MR) is 117 cm³/mol. The number of hydrogen-bond acceptors (Lipinski definition) is 7. The van der Waals surface area contributed by atoms with Crippen LogP contribution in [0.5, 0.6) is 0 Å². The number of amides is 2. The summed E-state index contributed by atoms with van der Waals surface area (Å²) in [5, 5.41) is 26.6. The van der Waals surface area contributed by atoms with E-state index in [-0.39, 0.29) is 11.8 Å². The Labute approximate surface area is 188 Å². The standard InChI is InChI=1S/C16H30N4O4.2C2H4O2/c1-10(2)13(16(23)24)19-14(21)12-7-5-9-20(12)15(22)11(18)6-3-4-8-17;2*1-2(3)4/h10-13H,3-9,17-18H2,1-2H3,(H,19,21)(H,23,24);2*1H3,(H,3,4)/t11-,12-,13-;;/m0../s1. The van der Waals surface area contributed by atoms with Crippen LogP contribution in [0.4, 0.5) is 0 Å². The third-order valence-corrected chi connectivity index (χ3v) is 4.36. The van der Waals surface area contributed by atoms with Crippen LogP contribution < -0.4 is 16.8 Å². The zero-order valence-corrected chi connectivity index (χ0v) is 19.2. The van der Waals surface area contributed by atoms with E-state index in [1.165, 1.54) is 4.90 Å². The number of unbranched alkanes of at least 4 members (excludes halogenated alkanes) is 1. The van der Waals surface area contributed by atoms with E-state index in [1.807, 2.05) is 0 Å². The highest BCUT2D eigenvalue weighted by molar-refractivity contribution is 5.92. The van der Waals surface area contributed by atoms with Crippen LogP contribution in [-0.4, -0.2) is 81.2 Å². The number of carboxylic acid groups (broad SMARTS) is 3. The second-order valence-electron chi connectivity index (χ2n) is 7.69. The van der Waals surface area contributed by atoms with Crippen molar-refractivity contribution < 1.29 is 39.3 Å². The Bertz CT molecular complexity index is 607. The average Bonchev–Trinajstić information content (AvgIpc) is 3.13. The van der Waals surface area contributed by atoms with Gasteiger partial charge in [0.2, 0.25) is 11.8 Å². The topological polar surface area (TPSA) is 213 Å². The van der Waals surface area contributed by atoms with E-state index in [1.54, 1.807) is 13.8 Å². The smallest absolute Gasteiger partial charge is 0.326 e. The number of aliphatic carboxylic acids is 3. The van der Waals surface area contributed by atoms with E-state index in [2.05, 4.69) is 5.32 Å². The highest BCUT2D eigenvalue weighted by Crippen LogP contribution is 2.20. The molecule has 0 aliphatic carbocycles. The Kier molecular flexibility index (Phi) is 16.6. The zero-order valence-electron chi connectivity index (χ0n) is 19.2. The minimum absolute atomic E-state index is 0.240. The van der Waals surface area contributed by atoms with Gasteiger partial charge in [-0.05, 0) is 38.1 Å². The van der Waals surface area contributed by atoms with Gasteiger partial charge in [-0.2, -0.15) is 0 Å². The first-order valence-corrected chi connectivity index (χ1v) is 10.4. The molecule has 8 N–H and O–H groups in total. The highest BCUT2D eigenvalue weighted by Gasteiger charge is 2.37. The maximum atomic E-state index is 12.5. The molecule has 3 atom stereocenters. The fourth-order valence-electron chi connectivity index (χ4n) is 2.91. The molecule has 0 saturated carbocycles. The van der Waals surface area contributed by atoms with E-state index in [0.717, 1.165) is 26.7 Å². The number of hydrogen-bond donors (Lipinski definition) is 6. The molecule has 0 radical (unpaired) electrons. The van der Waals surface area contributed by atoms with E-state index in [4.69, 9.17) is 31.3 Å². The van der Waals surface area contributed by atoms with Gasteiger partial charge in [-0.15, -0.1) is 0 Å². The molecular formula is C20H38N4O8. The molecule has 0 aromatic heterocycles. The molecule has 1 saturated heterocycles. The molecule has 1 heterocycles. The number of rotatable bonds is 9. The lowest BCUT2D eigenvalue weighted by molar-refractivity contribution is -0.145. The van der Waals surface area contributed by atoms with Crippen molar-refractivity contribution in [2.24, 2.45) is 17.4 Å². The second-order valence-corrected chi connectivity index (χ2v) is 7.69. The first kappa shape index (κ1) is 31.5. The van der Waals surface area contributed by atoms with Crippen LogP contribution >= 0.6 is 0 Å². The van der Waals surface area contributed by atoms with E-state index in [0.29, 0.717) is 32.4 Å². The molecule has 1 rings (SSSR count). The molecule has 0 aromatic rings. The Morgan fingerprint density at radius 3 is 1.94 bits per heavy atom. The number of nitrogens with zero attached hydrogens (tertiary/aromatic N) is 1. The maximum Gasteiger partial charge on any atom is 0.326 e. The minimum Gasteiger partial charge on any atom is -0.481 e. The largest absolute Gasteiger partial charge is 0.481 e. The van der Waals surface area contributed by atoms with Gasteiger partial charge >= 0.3 is 5.97 Å². The van der Waals surface area contributed by atoms with Gasteiger partial charge in [0.25, 0.3) is 11.9 Å². The average molecular weight is 463 g/mol. The fourth-order valence-corrected chi connectivity index (χ4v) is 2.91. The quantitative estimate of drug-likeness (QED) is 0.249. The van der Waals surface area contributed by atoms with Gasteiger partial charge in [0.05, 0.1) is 6.04 Å². The third kappa shape index (κ3) is 14.3. The van der Waals surface area contributed by atoms with Crippen molar-refractivity contribution in [3.8, 4) is 0 Å². The number of likely N-dealkylation sites (tertiary alicyclic amines) is 1. The molecular weight excluding hydrogens is 424 g/mol. The van der Waals surface area contributed by atoms with Crippen LogP contribution in [0.15, 0.2) is 0 Å². The summed E-state index contributed by atoms with van der Waals surface area (Å²) in [6, 6.07) is -2.25. The summed E-state index contributed by atoms with van der Waals surface area (Å²) in [5.74, 6) is -3.65. The molecule has 0 unspecified atom stereocenters. The lowest BCUT2D eigenvalue weighted by atomic mass is 10.0. The molecule has 1 aliphatic rings. The Morgan fingerprint density at radius 2 is 1.53 bits per heavy atom. The predicted octanol–water partition coefficient (Wildman–Crippen LogP) is -0.159. The summed E-state index contributed by atoms with van der Waals surface area (Å²) < 4.78 is 0. The van der Waals surface area contributed by atoms with Crippen molar-refractivity contribution in [3.05, 3.63) is 0 Å². The summed E-state index contributed by atoms with van der Waals surface area (Å²) in [4.78, 5) is 55.6. The first-order valence-electron chi connectivity index (χ1n) is 10.4. The molecule has 32 heavy (non-hydrogen) atoms. The highest BCUT2D eigenvalue weighted by atomic mass is 16.4. The monoisotopic (exact) mass is 462 g/mol. The number of carbonyl (C=O) groups excluding carboxylic acids is 2. The van der Waals surface area contributed by atoms with Gasteiger partial charge in [-0.25, -0.2) is 4.79 Å². The number of nitrogens with two attached hydrogens (primary N) is 2. The molecule has 12 nitrogen and oxygen atoms in total. The Balaban J connectivity index is 0. The molecule has 186 valence electrons. The molecule has 12 heteroatoms. The van der Waals surface area contributed by atoms with Gasteiger partial charge in [0.1, 0.15) is 12.1 Å². The third-order valence-electron chi connectivity index (χ3n) is 4.36. The lowest BCUT2D eigenvalue weighted by Gasteiger charge is -2.28. The van der Waals surface area contributed by atoms with E-state index < -0.39 is 41.9 Å². The fraction of sp³-hybridized carbons (Fsp3) is 0.750. The molecule has 2 amide bonds. The molecule has 1 fully saturated rings. The van der Waals surface area contributed by atoms with Crippen LogP contribution in [-0.2, 0) is 24.0 Å². The SMILES string of the molecule is CC(=O)O.CC(=O)O.CC(C)[C@H](NC(=O)[C@@H]1CCCN1C(=O)[C@@H](N)CCCCN)C(=O)O. The second kappa shape index (κ2) is 16.9. The maximum absolute atomic E-state index is 12.5. The van der Waals surface area contributed by atoms with Gasteiger partial charge in [-0.3, -0.25) is 19.2 Å². The lowest BCUT2D eigenvalue weighted by Crippen LogP contribution is -2.54. The van der Waals surface area contributed by atoms with Gasteiger partial charge in [0.15, 0.2) is 0 Å². The van der Waals surface area contributed by atoms with Crippen molar-refractivity contribution >= 4 is 29.7 Å². The van der Waals surface area contributed by atoms with Gasteiger partial charge in [0, 0.05) is 20.4 Å². The molecule has 0 spiro atoms. The minimum atomic E-state index is -1.08. The van der Waals surface area contributed by atoms with E-state index >= 15 is 0 Å². The van der Waals surface area contributed by atoms with Crippen LogP contribution in [0.2, 0.25) is 0 Å². The van der Waals surface area contributed by atoms with Crippen LogP contribution in [0.25, 0.3) is 0 Å². The zero-order chi connectivity index (χ0) is 25.4. The summed E-state index contributed by atoms with van der Waals surface area (Å²) in [5.41, 5.74) is 11.4. The van der Waals surface area contributed by atoms with Gasteiger partial charge in [-0.1, -0.05) is 20.3 Å². The molecule has 0 aromatic carbocycles. The van der Waals surface area contributed by atoms with Crippen molar-refractivity contribution in [1.82, 2.24) is 10.2 Å². The van der Waals surface area contributed by atoms with Crippen molar-refractivity contribution in [2.45, 2.75) is 77.9 Å².